The molecular weight excluding hydrogens is 412 g/mol. The second kappa shape index (κ2) is 7.42. The molecule has 1 N–H and O–H groups in total. The van der Waals surface area contributed by atoms with Crippen molar-refractivity contribution in [2.45, 2.75) is 4.90 Å². The van der Waals surface area contributed by atoms with E-state index in [-0.39, 0.29) is 16.3 Å². The van der Waals surface area contributed by atoms with E-state index in [1.807, 2.05) is 72.8 Å². The third kappa shape index (κ3) is 3.48. The predicted octanol–water partition coefficient (Wildman–Crippen LogP) is 3.61. The van der Waals surface area contributed by atoms with E-state index in [9.17, 15) is 13.0 Å². The molecule has 0 spiro atoms. The Morgan fingerprint density at radius 1 is 0.774 bits per heavy atom. The second-order valence-corrected chi connectivity index (χ2v) is 8.30. The predicted molar refractivity (Wildman–Crippen MR) is 116 cm³/mol. The lowest BCUT2D eigenvalue weighted by atomic mass is 10.1. The number of fused-ring (bicyclic) bond motifs is 1. The van der Waals surface area contributed by atoms with Gasteiger partial charge in [-0.25, -0.2) is 0 Å². The van der Waals surface area contributed by atoms with Crippen molar-refractivity contribution in [1.82, 2.24) is 15.0 Å². The molecule has 0 saturated heterocycles. The van der Waals surface area contributed by atoms with Crippen molar-refractivity contribution in [2.24, 2.45) is 0 Å². The molecule has 8 heteroatoms. The van der Waals surface area contributed by atoms with Gasteiger partial charge in [-0.2, -0.15) is 8.42 Å². The summed E-state index contributed by atoms with van der Waals surface area (Å²) in [6.07, 6.45) is 0. The number of hydrogen-bond acceptors (Lipinski definition) is 4. The first kappa shape index (κ1) is 19.1. The van der Waals surface area contributed by atoms with Gasteiger partial charge in [-0.15, -0.1) is 0 Å². The van der Waals surface area contributed by atoms with E-state index in [4.69, 9.17) is 0 Å². The summed E-state index contributed by atoms with van der Waals surface area (Å²) in [5.41, 5.74) is 1.75. The Morgan fingerprint density at radius 2 is 1.45 bits per heavy atom. The van der Waals surface area contributed by atoms with Crippen molar-refractivity contribution in [3.63, 3.8) is 0 Å². The van der Waals surface area contributed by atoms with Gasteiger partial charge in [-0.05, 0) is 51.7 Å². The Morgan fingerprint density at radius 3 is 2.26 bits per heavy atom. The van der Waals surface area contributed by atoms with Gasteiger partial charge >= 0.3 is 5.82 Å². The van der Waals surface area contributed by atoms with Gasteiger partial charge in [0.15, 0.2) is 5.69 Å². The molecule has 0 unspecified atom stereocenters. The first-order valence-electron chi connectivity index (χ1n) is 9.52. The van der Waals surface area contributed by atoms with Crippen molar-refractivity contribution in [3.05, 3.63) is 97.1 Å². The lowest BCUT2D eigenvalue weighted by molar-refractivity contribution is -0.733. The maximum Gasteiger partial charge on any atom is 0.341 e. The minimum absolute atomic E-state index is 0.171. The average Bonchev–Trinajstić information content (AvgIpc) is 3.24. The lowest BCUT2D eigenvalue weighted by Crippen LogP contribution is -2.43. The fourth-order valence-corrected chi connectivity index (χ4v) is 4.22. The van der Waals surface area contributed by atoms with Crippen molar-refractivity contribution in [2.75, 3.05) is 0 Å². The molecule has 0 bridgehead atoms. The molecule has 0 aliphatic heterocycles. The number of nitrogens with zero attached hydrogens (tertiary/aromatic N) is 4. The third-order valence-corrected chi connectivity index (χ3v) is 5.85. The molecule has 0 aliphatic carbocycles. The molecule has 5 aromatic rings. The zero-order valence-electron chi connectivity index (χ0n) is 16.2. The molecule has 152 valence electrons. The maximum absolute atomic E-state index is 11.9. The molecule has 0 aliphatic rings. The van der Waals surface area contributed by atoms with E-state index >= 15 is 0 Å². The number of hydrogen-bond donors (Lipinski definition) is 1. The monoisotopic (exact) mass is 429 g/mol. The van der Waals surface area contributed by atoms with Crippen LogP contribution in [0.1, 0.15) is 0 Å². The van der Waals surface area contributed by atoms with E-state index in [1.165, 1.54) is 6.07 Å². The van der Waals surface area contributed by atoms with E-state index < -0.39 is 10.1 Å². The Kier molecular flexibility index (Phi) is 4.58. The van der Waals surface area contributed by atoms with Crippen LogP contribution in [0.2, 0.25) is 0 Å². The largest absolute Gasteiger partial charge is 0.341 e. The first-order chi connectivity index (χ1) is 15.0. The van der Waals surface area contributed by atoms with E-state index in [0.29, 0.717) is 0 Å². The highest BCUT2D eigenvalue weighted by atomic mass is 32.2. The summed E-state index contributed by atoms with van der Waals surface area (Å²) >= 11 is 0. The molecule has 5 rings (SSSR count). The fraction of sp³-hybridized carbons (Fsp3) is 0. The highest BCUT2D eigenvalue weighted by Crippen LogP contribution is 2.25. The lowest BCUT2D eigenvalue weighted by Gasteiger charge is -2.03. The third-order valence-electron chi connectivity index (χ3n) is 4.93. The Bertz CT molecular complexity index is 1510. The minimum Gasteiger partial charge on any atom is -0.282 e. The van der Waals surface area contributed by atoms with Gasteiger partial charge in [-0.1, -0.05) is 60.7 Å². The van der Waals surface area contributed by atoms with Gasteiger partial charge in [0, 0.05) is 10.2 Å². The molecular formula is C23H17N4O3S+. The van der Waals surface area contributed by atoms with Gasteiger partial charge in [0.1, 0.15) is 10.6 Å². The van der Waals surface area contributed by atoms with Crippen LogP contribution >= 0.6 is 0 Å². The number of tetrazole rings is 1. The van der Waals surface area contributed by atoms with Crippen LogP contribution in [0.15, 0.2) is 102 Å². The quantitative estimate of drug-likeness (QED) is 0.348. The zero-order valence-corrected chi connectivity index (χ0v) is 17.0. The number of rotatable bonds is 4. The summed E-state index contributed by atoms with van der Waals surface area (Å²) in [6.45, 7) is 0. The molecule has 4 aromatic carbocycles. The topological polar surface area (TPSA) is 89.0 Å². The molecule has 0 saturated carbocycles. The second-order valence-electron chi connectivity index (χ2n) is 6.91. The molecule has 1 heterocycles. The molecule has 1 aromatic heterocycles. The molecule has 31 heavy (non-hydrogen) atoms. The standard InChI is InChI=1S/C23H16N4O3S/c28-31(29,30)22-16-7-6-14-20(22)23-24-26(18-11-2-1-3-12-18)27(25-23)21-15-8-10-17-9-4-5-13-19(17)21/h1-16H/p+1. The highest BCUT2D eigenvalue weighted by Gasteiger charge is 2.28. The van der Waals surface area contributed by atoms with Crippen LogP contribution in [0.3, 0.4) is 0 Å². The van der Waals surface area contributed by atoms with Crippen molar-refractivity contribution < 1.29 is 17.8 Å². The SMILES string of the molecule is O=S(=O)(O)c1ccccc1-c1nn(-c2ccccc2)[n+](-c2cccc3ccccc23)n1. The maximum atomic E-state index is 11.9. The zero-order chi connectivity index (χ0) is 21.4. The van der Waals surface area contributed by atoms with Gasteiger partial charge in [-0.3, -0.25) is 4.55 Å². The van der Waals surface area contributed by atoms with Crippen molar-refractivity contribution in [3.8, 4) is 22.8 Å². The number of aromatic nitrogens is 4. The Labute approximate surface area is 178 Å². The molecule has 0 radical (unpaired) electrons. The molecule has 0 atom stereocenters. The number of benzene rings is 4. The summed E-state index contributed by atoms with van der Waals surface area (Å²) in [5, 5.41) is 11.2. The molecule has 0 fully saturated rings. The average molecular weight is 429 g/mol. The van der Waals surface area contributed by atoms with Crippen LogP contribution < -0.4 is 4.80 Å². The summed E-state index contributed by atoms with van der Waals surface area (Å²) in [4.78, 5) is 3.00. The normalized spacial score (nSPS) is 11.6. The van der Waals surface area contributed by atoms with Gasteiger partial charge in [0.25, 0.3) is 10.1 Å². The van der Waals surface area contributed by atoms with Gasteiger partial charge in [0.2, 0.25) is 0 Å². The summed E-state index contributed by atoms with van der Waals surface area (Å²) in [6, 6.07) is 29.3. The van der Waals surface area contributed by atoms with Crippen molar-refractivity contribution >= 4 is 20.9 Å². The van der Waals surface area contributed by atoms with Crippen LogP contribution in [0.4, 0.5) is 0 Å². The number of para-hydroxylation sites is 1. The summed E-state index contributed by atoms with van der Waals surface area (Å²) < 4.78 is 33.5. The van der Waals surface area contributed by atoms with Crippen LogP contribution in [-0.2, 0) is 10.1 Å². The van der Waals surface area contributed by atoms with E-state index in [2.05, 4.69) is 10.2 Å². The van der Waals surface area contributed by atoms with Crippen LogP contribution in [0.25, 0.3) is 33.5 Å². The summed E-state index contributed by atoms with van der Waals surface area (Å²) in [5.74, 6) is 0.171. The van der Waals surface area contributed by atoms with Gasteiger partial charge in [0.05, 0.1) is 10.7 Å². The first-order valence-corrected chi connectivity index (χ1v) is 11.0. The van der Waals surface area contributed by atoms with Crippen LogP contribution in [-0.4, -0.2) is 28.0 Å². The summed E-state index contributed by atoms with van der Waals surface area (Å²) in [7, 11) is -4.45. The van der Waals surface area contributed by atoms with E-state index in [0.717, 1.165) is 22.1 Å². The minimum atomic E-state index is -4.45. The Hall–Kier alpha value is -3.88. The van der Waals surface area contributed by atoms with E-state index in [1.54, 1.807) is 27.8 Å². The molecule has 7 nitrogen and oxygen atoms in total. The van der Waals surface area contributed by atoms with Crippen molar-refractivity contribution in [1.29, 1.82) is 0 Å². The van der Waals surface area contributed by atoms with Crippen LogP contribution in [0, 0.1) is 0 Å². The Balaban J connectivity index is 1.82. The highest BCUT2D eigenvalue weighted by molar-refractivity contribution is 7.86. The fourth-order valence-electron chi connectivity index (χ4n) is 3.54. The van der Waals surface area contributed by atoms with Gasteiger partial charge < -0.3 is 0 Å². The van der Waals surface area contributed by atoms with Crippen LogP contribution in [0.5, 0.6) is 0 Å². The molecule has 0 amide bonds. The smallest absolute Gasteiger partial charge is 0.282 e.